The van der Waals surface area contributed by atoms with Crippen molar-refractivity contribution in [1.82, 2.24) is 14.7 Å². The number of nitrogens with one attached hydrogen (secondary N) is 1. The molecule has 7 nitrogen and oxygen atoms in total. The molecule has 3 rings (SSSR count). The molecule has 1 N–H and O–H groups in total. The lowest BCUT2D eigenvalue weighted by molar-refractivity contribution is 0.0274. The third-order valence-corrected chi connectivity index (χ3v) is 5.84. The maximum absolute atomic E-state index is 12.5. The molecule has 0 spiro atoms. The summed E-state index contributed by atoms with van der Waals surface area (Å²) >= 11 is 11.9. The lowest BCUT2D eigenvalue weighted by Crippen LogP contribution is -2.53. The van der Waals surface area contributed by atoms with Crippen LogP contribution in [0.15, 0.2) is 18.2 Å². The predicted octanol–water partition coefficient (Wildman–Crippen LogP) is 4.15. The van der Waals surface area contributed by atoms with E-state index in [1.54, 1.807) is 28.0 Å². The first-order chi connectivity index (χ1) is 13.6. The maximum atomic E-state index is 12.5. The molecule has 1 aromatic carbocycles. The van der Waals surface area contributed by atoms with Gasteiger partial charge >= 0.3 is 12.1 Å². The van der Waals surface area contributed by atoms with E-state index in [1.807, 2.05) is 20.8 Å². The molecule has 1 atom stereocenters. The van der Waals surface area contributed by atoms with Gasteiger partial charge in [-0.05, 0) is 45.4 Å². The summed E-state index contributed by atoms with van der Waals surface area (Å²) in [6.45, 7) is 9.83. The van der Waals surface area contributed by atoms with E-state index in [0.29, 0.717) is 48.0 Å². The summed E-state index contributed by atoms with van der Waals surface area (Å²) < 4.78 is 5.47. The monoisotopic (exact) mass is 442 g/mol. The van der Waals surface area contributed by atoms with E-state index in [4.69, 9.17) is 27.9 Å². The highest BCUT2D eigenvalue weighted by Crippen LogP contribution is 2.25. The van der Waals surface area contributed by atoms with Gasteiger partial charge in [-0.25, -0.2) is 9.59 Å². The smallest absolute Gasteiger partial charge is 0.410 e. The third kappa shape index (κ3) is 5.90. The fourth-order valence-electron chi connectivity index (χ4n) is 3.60. The summed E-state index contributed by atoms with van der Waals surface area (Å²) in [4.78, 5) is 30.7. The van der Waals surface area contributed by atoms with Gasteiger partial charge in [0.2, 0.25) is 0 Å². The quantitative estimate of drug-likeness (QED) is 0.746. The molecule has 0 saturated carbocycles. The second-order valence-corrected chi connectivity index (χ2v) is 9.27. The Morgan fingerprint density at radius 2 is 1.72 bits per heavy atom. The van der Waals surface area contributed by atoms with Crippen LogP contribution in [0.4, 0.5) is 15.3 Å². The number of urea groups is 1. The van der Waals surface area contributed by atoms with Crippen LogP contribution in [0.25, 0.3) is 0 Å². The molecule has 2 aliphatic rings. The Labute approximate surface area is 181 Å². The minimum atomic E-state index is -0.484. The fourth-order valence-corrected chi connectivity index (χ4v) is 3.90. The van der Waals surface area contributed by atoms with Gasteiger partial charge in [0, 0.05) is 51.0 Å². The van der Waals surface area contributed by atoms with Crippen LogP contribution in [0.5, 0.6) is 0 Å². The molecule has 1 unspecified atom stereocenters. The van der Waals surface area contributed by atoms with Crippen LogP contribution in [0.2, 0.25) is 10.0 Å². The summed E-state index contributed by atoms with van der Waals surface area (Å²) in [5.41, 5.74) is 0.137. The van der Waals surface area contributed by atoms with Gasteiger partial charge in [-0.2, -0.15) is 0 Å². The molecule has 2 fully saturated rings. The number of amides is 3. The molecule has 9 heteroatoms. The Kier molecular flexibility index (Phi) is 6.81. The number of carbonyl (C=O) groups excluding carboxylic acids is 2. The predicted molar refractivity (Wildman–Crippen MR) is 115 cm³/mol. The van der Waals surface area contributed by atoms with Crippen molar-refractivity contribution in [3.05, 3.63) is 28.2 Å². The summed E-state index contributed by atoms with van der Waals surface area (Å²) in [6.07, 6.45) is 0.675. The van der Waals surface area contributed by atoms with Crippen LogP contribution >= 0.6 is 23.2 Å². The van der Waals surface area contributed by atoms with E-state index in [9.17, 15) is 9.59 Å². The zero-order valence-corrected chi connectivity index (χ0v) is 18.6. The standard InChI is InChI=1S/C20H28Cl2N4O3/c1-20(2,3)29-19(28)26-7-6-15(13-26)24-8-10-25(11-9-24)18(27)23-14-4-5-16(21)17(22)12-14/h4-5,12,15H,6-11,13H2,1-3H3,(H,23,27). The van der Waals surface area contributed by atoms with Crippen molar-refractivity contribution in [2.45, 2.75) is 38.8 Å². The SMILES string of the molecule is CC(C)(C)OC(=O)N1CCC(N2CCN(C(=O)Nc3ccc(Cl)c(Cl)c3)CC2)C1. The Hall–Kier alpha value is -1.70. The van der Waals surface area contributed by atoms with Gasteiger partial charge in [-0.3, -0.25) is 4.90 Å². The first kappa shape index (κ1) is 22.0. The largest absolute Gasteiger partial charge is 0.444 e. The summed E-state index contributed by atoms with van der Waals surface area (Å²) in [5.74, 6) is 0. The van der Waals surface area contributed by atoms with Crippen molar-refractivity contribution < 1.29 is 14.3 Å². The number of likely N-dealkylation sites (tertiary alicyclic amines) is 1. The molecule has 0 bridgehead atoms. The zero-order chi connectivity index (χ0) is 21.2. The average molecular weight is 443 g/mol. The van der Waals surface area contributed by atoms with Crippen LogP contribution in [0.3, 0.4) is 0 Å². The van der Waals surface area contributed by atoms with Gasteiger partial charge in [0.25, 0.3) is 0 Å². The van der Waals surface area contributed by atoms with E-state index in [1.165, 1.54) is 0 Å². The van der Waals surface area contributed by atoms with E-state index in [0.717, 1.165) is 19.5 Å². The Bertz CT molecular complexity index is 761. The molecule has 0 aliphatic carbocycles. The number of carbonyl (C=O) groups is 2. The number of benzene rings is 1. The number of piperazine rings is 1. The molecule has 3 amide bonds. The van der Waals surface area contributed by atoms with Crippen molar-refractivity contribution in [3.63, 3.8) is 0 Å². The van der Waals surface area contributed by atoms with Crippen LogP contribution in [-0.4, -0.2) is 77.7 Å². The van der Waals surface area contributed by atoms with Crippen LogP contribution in [0.1, 0.15) is 27.2 Å². The Balaban J connectivity index is 1.46. The van der Waals surface area contributed by atoms with Gasteiger partial charge in [0.1, 0.15) is 5.60 Å². The van der Waals surface area contributed by atoms with Crippen molar-refractivity contribution in [2.24, 2.45) is 0 Å². The van der Waals surface area contributed by atoms with Crippen molar-refractivity contribution in [3.8, 4) is 0 Å². The summed E-state index contributed by atoms with van der Waals surface area (Å²) in [6, 6.07) is 5.19. The number of hydrogen-bond donors (Lipinski definition) is 1. The van der Waals surface area contributed by atoms with E-state index in [2.05, 4.69) is 10.2 Å². The Morgan fingerprint density at radius 3 is 2.34 bits per heavy atom. The van der Waals surface area contributed by atoms with Crippen LogP contribution < -0.4 is 5.32 Å². The molecule has 2 aliphatic heterocycles. The number of halogens is 2. The first-order valence-electron chi connectivity index (χ1n) is 9.85. The van der Waals surface area contributed by atoms with E-state index >= 15 is 0 Å². The Morgan fingerprint density at radius 1 is 1.03 bits per heavy atom. The highest BCUT2D eigenvalue weighted by atomic mass is 35.5. The second kappa shape index (κ2) is 8.98. The van der Waals surface area contributed by atoms with Crippen molar-refractivity contribution in [1.29, 1.82) is 0 Å². The van der Waals surface area contributed by atoms with Crippen molar-refractivity contribution in [2.75, 3.05) is 44.6 Å². The third-order valence-electron chi connectivity index (χ3n) is 5.10. The first-order valence-corrected chi connectivity index (χ1v) is 10.6. The molecular weight excluding hydrogens is 415 g/mol. The normalized spacial score (nSPS) is 20.7. The van der Waals surface area contributed by atoms with Crippen molar-refractivity contribution >= 4 is 41.0 Å². The highest BCUT2D eigenvalue weighted by Gasteiger charge is 2.34. The maximum Gasteiger partial charge on any atom is 0.410 e. The molecular formula is C20H28Cl2N4O3. The summed E-state index contributed by atoms with van der Waals surface area (Å²) in [7, 11) is 0. The number of anilines is 1. The topological polar surface area (TPSA) is 65.1 Å². The number of ether oxygens (including phenoxy) is 1. The molecule has 29 heavy (non-hydrogen) atoms. The fraction of sp³-hybridized carbons (Fsp3) is 0.600. The average Bonchev–Trinajstić information content (AvgIpc) is 3.14. The molecule has 2 saturated heterocycles. The highest BCUT2D eigenvalue weighted by molar-refractivity contribution is 6.42. The summed E-state index contributed by atoms with van der Waals surface area (Å²) in [5, 5.41) is 3.73. The molecule has 0 aromatic heterocycles. The molecule has 0 radical (unpaired) electrons. The minimum Gasteiger partial charge on any atom is -0.444 e. The van der Waals surface area contributed by atoms with Crippen LogP contribution in [-0.2, 0) is 4.74 Å². The van der Waals surface area contributed by atoms with Gasteiger partial charge in [-0.1, -0.05) is 23.2 Å². The van der Waals surface area contributed by atoms with Gasteiger partial charge in [0.15, 0.2) is 0 Å². The van der Waals surface area contributed by atoms with E-state index < -0.39 is 5.60 Å². The number of hydrogen-bond acceptors (Lipinski definition) is 4. The lowest BCUT2D eigenvalue weighted by atomic mass is 10.2. The molecule has 2 heterocycles. The van der Waals surface area contributed by atoms with Gasteiger partial charge < -0.3 is 19.9 Å². The molecule has 1 aromatic rings. The molecule has 160 valence electrons. The van der Waals surface area contributed by atoms with Crippen LogP contribution in [0, 0.1) is 0 Å². The lowest BCUT2D eigenvalue weighted by Gasteiger charge is -2.37. The second-order valence-electron chi connectivity index (χ2n) is 8.45. The number of nitrogens with zero attached hydrogens (tertiary/aromatic N) is 3. The van der Waals surface area contributed by atoms with Gasteiger partial charge in [-0.15, -0.1) is 0 Å². The van der Waals surface area contributed by atoms with E-state index in [-0.39, 0.29) is 12.1 Å². The number of rotatable bonds is 2. The minimum absolute atomic E-state index is 0.148. The van der Waals surface area contributed by atoms with Gasteiger partial charge in [0.05, 0.1) is 10.0 Å². The zero-order valence-electron chi connectivity index (χ0n) is 17.1.